The number of hydrogen-bond acceptors (Lipinski definition) is 8. The van der Waals surface area contributed by atoms with Crippen molar-refractivity contribution in [1.82, 2.24) is 20.4 Å². The van der Waals surface area contributed by atoms with Crippen LogP contribution in [0.25, 0.3) is 0 Å². The van der Waals surface area contributed by atoms with Crippen LogP contribution in [0, 0.1) is 5.92 Å². The zero-order valence-electron chi connectivity index (χ0n) is 27.8. The van der Waals surface area contributed by atoms with Gasteiger partial charge in [-0.15, -0.1) is 0 Å². The van der Waals surface area contributed by atoms with E-state index in [4.69, 9.17) is 14.2 Å². The van der Waals surface area contributed by atoms with Gasteiger partial charge in [-0.2, -0.15) is 0 Å². The third-order valence-electron chi connectivity index (χ3n) is 10.4. The van der Waals surface area contributed by atoms with Gasteiger partial charge in [-0.1, -0.05) is 49.3 Å². The van der Waals surface area contributed by atoms with Crippen LogP contribution in [0.3, 0.4) is 0 Å². The molecule has 1 aromatic rings. The van der Waals surface area contributed by atoms with E-state index >= 15 is 0 Å². The molecule has 260 valence electrons. The van der Waals surface area contributed by atoms with Gasteiger partial charge in [-0.05, 0) is 75.8 Å². The van der Waals surface area contributed by atoms with Crippen molar-refractivity contribution in [3.8, 4) is 0 Å². The summed E-state index contributed by atoms with van der Waals surface area (Å²) < 4.78 is 17.0. The molecule has 2 aliphatic carbocycles. The molecule has 6 rings (SSSR count). The van der Waals surface area contributed by atoms with E-state index in [0.29, 0.717) is 38.8 Å². The number of hydrogen-bond donors (Lipinski definition) is 2. The maximum atomic E-state index is 14.3. The first-order valence-electron chi connectivity index (χ1n) is 17.7. The van der Waals surface area contributed by atoms with Crippen LogP contribution in [0.4, 0.5) is 9.59 Å². The standard InChI is InChI=1S/C36H48N4O8/c1-2-46-33(43)36-21-26(36)14-6-4-3-5-7-17-29(37-34(44)47-27-15-10-11-16-27)32(42)40-23-28(20-30(40)31(41)38-36)48-35(45)39-19-18-24-12-8-9-13-25(24)22-39/h6,8-9,12-14,26-30H,2-5,7,10-11,15-23H2,1H3,(H,37,44)(H,38,41)/b14-6+/t26-,28-,29+,30+,36-/m1/s1. The van der Waals surface area contributed by atoms with Gasteiger partial charge in [0.05, 0.1) is 13.2 Å². The monoisotopic (exact) mass is 664 g/mol. The van der Waals surface area contributed by atoms with Gasteiger partial charge in [0, 0.05) is 25.4 Å². The molecule has 1 saturated heterocycles. The molecule has 3 fully saturated rings. The van der Waals surface area contributed by atoms with Crippen LogP contribution < -0.4 is 10.6 Å². The van der Waals surface area contributed by atoms with Gasteiger partial charge in [0.2, 0.25) is 11.8 Å². The number of alkyl carbamates (subject to hydrolysis) is 1. The predicted molar refractivity (Wildman–Crippen MR) is 174 cm³/mol. The lowest BCUT2D eigenvalue weighted by molar-refractivity contribution is -0.150. The highest BCUT2D eigenvalue weighted by Crippen LogP contribution is 2.46. The fourth-order valence-corrected chi connectivity index (χ4v) is 7.60. The largest absolute Gasteiger partial charge is 0.464 e. The quantitative estimate of drug-likeness (QED) is 0.272. The van der Waals surface area contributed by atoms with Crippen molar-refractivity contribution in [1.29, 1.82) is 0 Å². The molecular weight excluding hydrogens is 616 g/mol. The van der Waals surface area contributed by atoms with Gasteiger partial charge in [0.25, 0.3) is 0 Å². The Morgan fingerprint density at radius 3 is 2.54 bits per heavy atom. The average molecular weight is 665 g/mol. The fourth-order valence-electron chi connectivity index (χ4n) is 7.60. The first-order valence-corrected chi connectivity index (χ1v) is 17.7. The van der Waals surface area contributed by atoms with Crippen molar-refractivity contribution in [2.45, 2.75) is 120 Å². The maximum absolute atomic E-state index is 14.3. The molecule has 5 atom stereocenters. The lowest BCUT2D eigenvalue weighted by Crippen LogP contribution is -2.56. The van der Waals surface area contributed by atoms with Crippen LogP contribution in [0.15, 0.2) is 36.4 Å². The molecule has 12 heteroatoms. The summed E-state index contributed by atoms with van der Waals surface area (Å²) in [5.74, 6) is -1.67. The van der Waals surface area contributed by atoms with Crippen LogP contribution >= 0.6 is 0 Å². The zero-order chi connectivity index (χ0) is 33.7. The molecule has 48 heavy (non-hydrogen) atoms. The van der Waals surface area contributed by atoms with E-state index in [2.05, 4.69) is 16.7 Å². The second-order valence-corrected chi connectivity index (χ2v) is 13.8. The molecule has 4 amide bonds. The van der Waals surface area contributed by atoms with Crippen LogP contribution in [-0.2, 0) is 41.6 Å². The molecule has 2 saturated carbocycles. The Labute approximate surface area is 281 Å². The van der Waals surface area contributed by atoms with E-state index in [1.54, 1.807) is 11.8 Å². The lowest BCUT2D eigenvalue weighted by Gasteiger charge is -2.30. The Hall–Kier alpha value is -4.09. The Balaban J connectivity index is 1.22. The Bertz CT molecular complexity index is 1410. The van der Waals surface area contributed by atoms with Gasteiger partial charge in [-0.3, -0.25) is 9.59 Å². The predicted octanol–water partition coefficient (Wildman–Crippen LogP) is 4.15. The zero-order valence-corrected chi connectivity index (χ0v) is 27.8. The van der Waals surface area contributed by atoms with Crippen molar-refractivity contribution in [3.05, 3.63) is 47.5 Å². The van der Waals surface area contributed by atoms with Crippen molar-refractivity contribution < 1.29 is 38.2 Å². The topological polar surface area (TPSA) is 144 Å². The van der Waals surface area contributed by atoms with Gasteiger partial charge in [0.15, 0.2) is 0 Å². The minimum Gasteiger partial charge on any atom is -0.464 e. The number of allylic oxidation sites excluding steroid dienone is 1. The Morgan fingerprint density at radius 1 is 0.979 bits per heavy atom. The second-order valence-electron chi connectivity index (χ2n) is 13.8. The van der Waals surface area contributed by atoms with Crippen molar-refractivity contribution in [3.63, 3.8) is 0 Å². The number of esters is 1. The molecule has 0 spiro atoms. The summed E-state index contributed by atoms with van der Waals surface area (Å²) >= 11 is 0. The first kappa shape index (κ1) is 33.8. The Morgan fingerprint density at radius 2 is 1.75 bits per heavy atom. The minimum absolute atomic E-state index is 0.0152. The third-order valence-corrected chi connectivity index (χ3v) is 10.4. The molecule has 0 aromatic heterocycles. The van der Waals surface area contributed by atoms with Crippen LogP contribution in [0.2, 0.25) is 0 Å². The summed E-state index contributed by atoms with van der Waals surface area (Å²) in [6, 6.07) is 6.04. The highest BCUT2D eigenvalue weighted by molar-refractivity contribution is 5.96. The van der Waals surface area contributed by atoms with Gasteiger partial charge >= 0.3 is 18.2 Å². The Kier molecular flexibility index (Phi) is 10.6. The van der Waals surface area contributed by atoms with E-state index in [1.807, 2.05) is 30.4 Å². The molecule has 3 heterocycles. The third kappa shape index (κ3) is 7.63. The molecule has 2 N–H and O–H groups in total. The number of rotatable bonds is 5. The molecule has 3 aliphatic heterocycles. The summed E-state index contributed by atoms with van der Waals surface area (Å²) in [7, 11) is 0. The fraction of sp³-hybridized carbons (Fsp3) is 0.639. The number of amides is 4. The highest BCUT2D eigenvalue weighted by Gasteiger charge is 2.62. The minimum atomic E-state index is -1.21. The molecule has 0 bridgehead atoms. The van der Waals surface area contributed by atoms with E-state index in [0.717, 1.165) is 50.5 Å². The average Bonchev–Trinajstić information content (AvgIpc) is 3.36. The second kappa shape index (κ2) is 15.0. The van der Waals surface area contributed by atoms with Crippen LogP contribution in [0.1, 0.15) is 88.7 Å². The number of nitrogens with zero attached hydrogens (tertiary/aromatic N) is 2. The first-order chi connectivity index (χ1) is 23.3. The smallest absolute Gasteiger partial charge is 0.410 e. The summed E-state index contributed by atoms with van der Waals surface area (Å²) in [5.41, 5.74) is 1.05. The van der Waals surface area contributed by atoms with Crippen LogP contribution in [0.5, 0.6) is 0 Å². The lowest BCUT2D eigenvalue weighted by atomic mass is 10.0. The van der Waals surface area contributed by atoms with E-state index < -0.39 is 53.7 Å². The SMILES string of the molecule is CCOC(=O)[C@@]12C[C@H]1/C=C/CCCCC[C@H](NC(=O)OC1CCCC1)C(=O)N1C[C@H](OC(=O)N3CCc4ccccc4C3)C[C@H]1C(=O)N2. The van der Waals surface area contributed by atoms with E-state index in [1.165, 1.54) is 10.5 Å². The summed E-state index contributed by atoms with van der Waals surface area (Å²) in [4.78, 5) is 70.9. The van der Waals surface area contributed by atoms with Gasteiger partial charge < -0.3 is 34.6 Å². The molecule has 0 radical (unpaired) electrons. The van der Waals surface area contributed by atoms with Crippen molar-refractivity contribution in [2.24, 2.45) is 5.92 Å². The summed E-state index contributed by atoms with van der Waals surface area (Å²) in [6.45, 7) is 2.79. The summed E-state index contributed by atoms with van der Waals surface area (Å²) in [6.07, 6.45) is 10.3. The van der Waals surface area contributed by atoms with Gasteiger partial charge in [-0.25, -0.2) is 14.4 Å². The number of carbonyl (C=O) groups excluding carboxylic acids is 5. The maximum Gasteiger partial charge on any atom is 0.410 e. The number of fused-ring (bicyclic) bond motifs is 3. The number of ether oxygens (including phenoxy) is 3. The van der Waals surface area contributed by atoms with E-state index in [-0.39, 0.29) is 31.6 Å². The molecule has 12 nitrogen and oxygen atoms in total. The van der Waals surface area contributed by atoms with Crippen molar-refractivity contribution in [2.75, 3.05) is 19.7 Å². The molecule has 0 unspecified atom stereocenters. The molecular formula is C36H48N4O8. The summed E-state index contributed by atoms with van der Waals surface area (Å²) in [5, 5.41) is 5.75. The number of carbonyl (C=O) groups is 5. The molecule has 5 aliphatic rings. The normalized spacial score (nSPS) is 30.0. The van der Waals surface area contributed by atoms with E-state index in [9.17, 15) is 24.0 Å². The number of benzene rings is 1. The van der Waals surface area contributed by atoms with Crippen molar-refractivity contribution >= 4 is 30.0 Å². The molecule has 1 aromatic carbocycles. The van der Waals surface area contributed by atoms with Crippen LogP contribution in [-0.4, -0.2) is 89.3 Å². The van der Waals surface area contributed by atoms with Gasteiger partial charge in [0.1, 0.15) is 29.8 Å². The number of nitrogens with one attached hydrogen (secondary N) is 2. The highest BCUT2D eigenvalue weighted by atomic mass is 16.6.